The Hall–Kier alpha value is -1.07. The van der Waals surface area contributed by atoms with Crippen LogP contribution in [0.15, 0.2) is 22.7 Å². The van der Waals surface area contributed by atoms with E-state index in [1.54, 1.807) is 0 Å². The number of fused-ring (bicyclic) bond motifs is 1. The number of carbonyl (C=O) groups excluding carboxylic acids is 1. The molecule has 0 spiro atoms. The number of amides is 1. The van der Waals surface area contributed by atoms with Gasteiger partial charge < -0.3 is 15.5 Å². The molecule has 1 saturated heterocycles. The Morgan fingerprint density at radius 1 is 1.30 bits per heavy atom. The van der Waals surface area contributed by atoms with Crippen LogP contribution in [-0.4, -0.2) is 32.1 Å². The van der Waals surface area contributed by atoms with Crippen molar-refractivity contribution in [3.63, 3.8) is 0 Å². The van der Waals surface area contributed by atoms with E-state index in [0.717, 1.165) is 47.8 Å². The van der Waals surface area contributed by atoms with E-state index in [-0.39, 0.29) is 5.91 Å². The quantitative estimate of drug-likeness (QED) is 0.891. The smallest absolute Gasteiger partial charge is 0.246 e. The van der Waals surface area contributed by atoms with Gasteiger partial charge in [0, 0.05) is 11.0 Å². The van der Waals surface area contributed by atoms with Crippen molar-refractivity contribution in [3.05, 3.63) is 22.7 Å². The molecule has 0 unspecified atom stereocenters. The largest absolute Gasteiger partial charge is 0.374 e. The molecular formula is C15H20BrN3O. The predicted octanol–water partition coefficient (Wildman–Crippen LogP) is 2.60. The maximum Gasteiger partial charge on any atom is 0.246 e. The van der Waals surface area contributed by atoms with E-state index in [1.165, 1.54) is 12.8 Å². The number of nitrogens with zero attached hydrogens (tertiary/aromatic N) is 1. The second-order valence-electron chi connectivity index (χ2n) is 5.54. The number of benzene rings is 1. The molecular weight excluding hydrogens is 318 g/mol. The van der Waals surface area contributed by atoms with E-state index < -0.39 is 0 Å². The van der Waals surface area contributed by atoms with Crippen LogP contribution in [0.1, 0.15) is 19.3 Å². The van der Waals surface area contributed by atoms with Gasteiger partial charge in [0.05, 0.1) is 17.9 Å². The van der Waals surface area contributed by atoms with Crippen molar-refractivity contribution in [2.75, 3.05) is 36.4 Å². The van der Waals surface area contributed by atoms with Crippen LogP contribution in [0.4, 0.5) is 11.4 Å². The van der Waals surface area contributed by atoms with Gasteiger partial charge in [-0.05, 0) is 56.5 Å². The summed E-state index contributed by atoms with van der Waals surface area (Å²) in [5, 5.41) is 6.58. The van der Waals surface area contributed by atoms with Crippen LogP contribution in [0.3, 0.4) is 0 Å². The normalized spacial score (nSPS) is 19.6. The van der Waals surface area contributed by atoms with E-state index in [2.05, 4.69) is 26.6 Å². The van der Waals surface area contributed by atoms with Crippen LogP contribution in [0.2, 0.25) is 0 Å². The standard InChI is InChI=1S/C15H20BrN3O/c16-12-1-2-14-13(9-12)18-10-15(20)19(14)8-5-11-3-6-17-7-4-11/h1-2,9,11,17-18H,3-8,10H2. The van der Waals surface area contributed by atoms with Crippen molar-refractivity contribution >= 4 is 33.2 Å². The predicted molar refractivity (Wildman–Crippen MR) is 85.2 cm³/mol. The summed E-state index contributed by atoms with van der Waals surface area (Å²) in [6.45, 7) is 3.46. The first-order valence-electron chi connectivity index (χ1n) is 7.28. The highest BCUT2D eigenvalue weighted by Crippen LogP contribution is 2.32. The van der Waals surface area contributed by atoms with Crippen molar-refractivity contribution < 1.29 is 4.79 Å². The summed E-state index contributed by atoms with van der Waals surface area (Å²) < 4.78 is 1.04. The van der Waals surface area contributed by atoms with Gasteiger partial charge in [0.25, 0.3) is 0 Å². The lowest BCUT2D eigenvalue weighted by Crippen LogP contribution is -2.41. The molecule has 5 heteroatoms. The van der Waals surface area contributed by atoms with Gasteiger partial charge in [-0.25, -0.2) is 0 Å². The first kappa shape index (κ1) is 13.9. The lowest BCUT2D eigenvalue weighted by molar-refractivity contribution is -0.117. The average Bonchev–Trinajstić information content (AvgIpc) is 2.47. The van der Waals surface area contributed by atoms with Crippen LogP contribution >= 0.6 is 15.9 Å². The minimum absolute atomic E-state index is 0.175. The van der Waals surface area contributed by atoms with Crippen molar-refractivity contribution in [1.29, 1.82) is 0 Å². The van der Waals surface area contributed by atoms with Gasteiger partial charge in [0.2, 0.25) is 5.91 Å². The summed E-state index contributed by atoms with van der Waals surface area (Å²) in [5.74, 6) is 0.923. The van der Waals surface area contributed by atoms with Gasteiger partial charge in [-0.2, -0.15) is 0 Å². The highest BCUT2D eigenvalue weighted by molar-refractivity contribution is 9.10. The van der Waals surface area contributed by atoms with Gasteiger partial charge in [-0.1, -0.05) is 15.9 Å². The maximum atomic E-state index is 12.2. The minimum Gasteiger partial charge on any atom is -0.374 e. The second kappa shape index (κ2) is 6.14. The first-order valence-corrected chi connectivity index (χ1v) is 8.08. The van der Waals surface area contributed by atoms with Gasteiger partial charge in [0.1, 0.15) is 0 Å². The minimum atomic E-state index is 0.175. The number of rotatable bonds is 3. The topological polar surface area (TPSA) is 44.4 Å². The molecule has 2 aliphatic heterocycles. The maximum absolute atomic E-state index is 12.2. The number of carbonyl (C=O) groups is 1. The van der Waals surface area contributed by atoms with Crippen LogP contribution in [0, 0.1) is 5.92 Å². The molecule has 1 aromatic rings. The van der Waals surface area contributed by atoms with Gasteiger partial charge >= 0.3 is 0 Å². The fourth-order valence-corrected chi connectivity index (χ4v) is 3.37. The number of halogens is 1. The molecule has 3 rings (SSSR count). The Balaban J connectivity index is 1.70. The summed E-state index contributed by atoms with van der Waals surface area (Å²) >= 11 is 3.48. The number of anilines is 2. The fourth-order valence-electron chi connectivity index (χ4n) is 3.01. The molecule has 108 valence electrons. The molecule has 2 N–H and O–H groups in total. The highest BCUT2D eigenvalue weighted by Gasteiger charge is 2.25. The van der Waals surface area contributed by atoms with E-state index >= 15 is 0 Å². The fraction of sp³-hybridized carbons (Fsp3) is 0.533. The third-order valence-electron chi connectivity index (χ3n) is 4.20. The molecule has 0 radical (unpaired) electrons. The molecule has 0 saturated carbocycles. The third kappa shape index (κ3) is 2.99. The monoisotopic (exact) mass is 337 g/mol. The lowest BCUT2D eigenvalue weighted by Gasteiger charge is -2.32. The number of nitrogens with one attached hydrogen (secondary N) is 2. The van der Waals surface area contributed by atoms with Crippen molar-refractivity contribution in [2.24, 2.45) is 5.92 Å². The van der Waals surface area contributed by atoms with Gasteiger partial charge in [-0.15, -0.1) is 0 Å². The molecule has 0 aromatic heterocycles. The average molecular weight is 338 g/mol. The van der Waals surface area contributed by atoms with Gasteiger partial charge in [0.15, 0.2) is 0 Å². The molecule has 0 bridgehead atoms. The summed E-state index contributed by atoms with van der Waals surface area (Å²) in [4.78, 5) is 14.1. The van der Waals surface area contributed by atoms with Crippen molar-refractivity contribution in [2.45, 2.75) is 19.3 Å². The molecule has 1 aromatic carbocycles. The zero-order valence-corrected chi connectivity index (χ0v) is 13.1. The van der Waals surface area contributed by atoms with Crippen LogP contribution in [0.25, 0.3) is 0 Å². The molecule has 0 atom stereocenters. The molecule has 1 amide bonds. The summed E-state index contributed by atoms with van der Waals surface area (Å²) in [5.41, 5.74) is 2.06. The number of hydrogen-bond acceptors (Lipinski definition) is 3. The van der Waals surface area contributed by atoms with Crippen molar-refractivity contribution in [1.82, 2.24) is 5.32 Å². The van der Waals surface area contributed by atoms with E-state index in [1.807, 2.05) is 23.1 Å². The summed E-state index contributed by atoms with van der Waals surface area (Å²) in [6.07, 6.45) is 3.56. The van der Waals surface area contributed by atoms with Gasteiger partial charge in [-0.3, -0.25) is 4.79 Å². The Morgan fingerprint density at radius 3 is 2.90 bits per heavy atom. The van der Waals surface area contributed by atoms with E-state index in [0.29, 0.717) is 6.54 Å². The van der Waals surface area contributed by atoms with Crippen LogP contribution in [-0.2, 0) is 4.79 Å². The Bertz CT molecular complexity index is 500. The third-order valence-corrected chi connectivity index (χ3v) is 4.69. The summed E-state index contributed by atoms with van der Waals surface area (Å²) in [6, 6.07) is 6.06. The molecule has 20 heavy (non-hydrogen) atoms. The molecule has 2 heterocycles. The SMILES string of the molecule is O=C1CNc2cc(Br)ccc2N1CCC1CCNCC1. The summed E-state index contributed by atoms with van der Waals surface area (Å²) in [7, 11) is 0. The zero-order chi connectivity index (χ0) is 13.9. The van der Waals surface area contributed by atoms with E-state index in [9.17, 15) is 4.79 Å². The Labute approximate surface area is 128 Å². The Kier molecular flexibility index (Phi) is 4.27. The lowest BCUT2D eigenvalue weighted by atomic mass is 9.94. The second-order valence-corrected chi connectivity index (χ2v) is 6.46. The first-order chi connectivity index (χ1) is 9.74. The molecule has 1 fully saturated rings. The number of hydrogen-bond donors (Lipinski definition) is 2. The molecule has 4 nitrogen and oxygen atoms in total. The zero-order valence-electron chi connectivity index (χ0n) is 11.5. The van der Waals surface area contributed by atoms with Crippen LogP contribution < -0.4 is 15.5 Å². The number of piperidine rings is 1. The molecule has 2 aliphatic rings. The van der Waals surface area contributed by atoms with Crippen molar-refractivity contribution in [3.8, 4) is 0 Å². The molecule has 0 aliphatic carbocycles. The highest BCUT2D eigenvalue weighted by atomic mass is 79.9. The van der Waals surface area contributed by atoms with Crippen LogP contribution in [0.5, 0.6) is 0 Å². The van der Waals surface area contributed by atoms with E-state index in [4.69, 9.17) is 0 Å². The Morgan fingerprint density at radius 2 is 2.10 bits per heavy atom.